The van der Waals surface area contributed by atoms with Crippen LogP contribution in [0.25, 0.3) is 0 Å². The van der Waals surface area contributed by atoms with Gasteiger partial charge >= 0.3 is 12.1 Å². The summed E-state index contributed by atoms with van der Waals surface area (Å²) in [7, 11) is 1.19. The third-order valence-electron chi connectivity index (χ3n) is 8.27. The molecule has 1 atom stereocenters. The summed E-state index contributed by atoms with van der Waals surface area (Å²) in [5.41, 5.74) is 0.325. The number of piperidine rings is 1. The van der Waals surface area contributed by atoms with E-state index in [1.54, 1.807) is 32.9 Å². The highest BCUT2D eigenvalue weighted by atomic mass is 19.1. The van der Waals surface area contributed by atoms with Gasteiger partial charge in [0.15, 0.2) is 0 Å². The lowest BCUT2D eigenvalue weighted by Crippen LogP contribution is -2.66. The standard InChI is InChI=1S/C37H45FN4O6/c1-36(2,3)48-35(46)40-31(23-32(43)47-4)33(44)42(26-29-15-17-30(38)18-16-29)37(34(45)39-24-27-11-7-5-8-12-27)19-21-41(22-20-37)25-28-13-9-6-10-14-28/h5-18,31H,19-26H2,1-4H3,(H,39,45)(H,40,46)/t31-/m0/s1. The zero-order chi connectivity index (χ0) is 34.7. The molecular weight excluding hydrogens is 615 g/mol. The Hall–Kier alpha value is -4.77. The number of esters is 1. The summed E-state index contributed by atoms with van der Waals surface area (Å²) in [6.07, 6.45) is -0.849. The van der Waals surface area contributed by atoms with Crippen LogP contribution in [0.1, 0.15) is 56.7 Å². The monoisotopic (exact) mass is 660 g/mol. The zero-order valence-corrected chi connectivity index (χ0v) is 28.0. The lowest BCUT2D eigenvalue weighted by molar-refractivity contribution is -0.156. The number of likely N-dealkylation sites (tertiary alicyclic amines) is 1. The number of benzene rings is 3. The average Bonchev–Trinajstić information content (AvgIpc) is 3.07. The number of rotatable bonds is 12. The molecule has 1 heterocycles. The van der Waals surface area contributed by atoms with Crippen molar-refractivity contribution in [2.45, 2.75) is 76.8 Å². The summed E-state index contributed by atoms with van der Waals surface area (Å²) < 4.78 is 24.2. The molecule has 3 amide bonds. The maximum absolute atomic E-state index is 14.7. The molecule has 4 rings (SSSR count). The van der Waals surface area contributed by atoms with Crippen LogP contribution in [0.4, 0.5) is 9.18 Å². The lowest BCUT2D eigenvalue weighted by Gasteiger charge is -2.48. The number of nitrogens with zero attached hydrogens (tertiary/aromatic N) is 2. The summed E-state index contributed by atoms with van der Waals surface area (Å²) in [5, 5.41) is 5.61. The molecule has 3 aromatic carbocycles. The second-order valence-electron chi connectivity index (χ2n) is 13.0. The fourth-order valence-corrected chi connectivity index (χ4v) is 5.79. The Labute approximate surface area is 281 Å². The first-order valence-corrected chi connectivity index (χ1v) is 16.1. The predicted octanol–water partition coefficient (Wildman–Crippen LogP) is 4.96. The fraction of sp³-hybridized carbons (Fsp3) is 0.405. The van der Waals surface area contributed by atoms with E-state index in [4.69, 9.17) is 9.47 Å². The molecule has 1 aliphatic heterocycles. The molecule has 1 aliphatic rings. The molecule has 256 valence electrons. The minimum atomic E-state index is -1.41. The lowest BCUT2D eigenvalue weighted by atomic mass is 9.83. The Morgan fingerprint density at radius 1 is 0.875 bits per heavy atom. The van der Waals surface area contributed by atoms with Crippen molar-refractivity contribution in [1.82, 2.24) is 20.4 Å². The molecule has 48 heavy (non-hydrogen) atoms. The van der Waals surface area contributed by atoms with E-state index in [0.717, 1.165) is 11.1 Å². The Morgan fingerprint density at radius 2 is 1.46 bits per heavy atom. The van der Waals surface area contributed by atoms with Crippen LogP contribution in [-0.4, -0.2) is 71.1 Å². The highest BCUT2D eigenvalue weighted by Gasteiger charge is 2.50. The summed E-state index contributed by atoms with van der Waals surface area (Å²) in [6.45, 7) is 6.84. The van der Waals surface area contributed by atoms with Gasteiger partial charge in [-0.1, -0.05) is 72.8 Å². The summed E-state index contributed by atoms with van der Waals surface area (Å²) in [5.74, 6) is -2.21. The molecule has 10 nitrogen and oxygen atoms in total. The third-order valence-corrected chi connectivity index (χ3v) is 8.27. The molecule has 0 aliphatic carbocycles. The number of nitrogens with one attached hydrogen (secondary N) is 2. The van der Waals surface area contributed by atoms with Crippen molar-refractivity contribution in [3.63, 3.8) is 0 Å². The largest absolute Gasteiger partial charge is 0.469 e. The highest BCUT2D eigenvalue weighted by molar-refractivity contribution is 5.96. The van der Waals surface area contributed by atoms with E-state index >= 15 is 0 Å². The summed E-state index contributed by atoms with van der Waals surface area (Å²) >= 11 is 0. The van der Waals surface area contributed by atoms with Crippen LogP contribution in [-0.2, 0) is 43.5 Å². The summed E-state index contributed by atoms with van der Waals surface area (Å²) in [4.78, 5) is 58.3. The molecule has 11 heteroatoms. The molecule has 2 N–H and O–H groups in total. The van der Waals surface area contributed by atoms with E-state index in [1.165, 1.54) is 24.1 Å². The molecule has 0 radical (unpaired) electrons. The van der Waals surface area contributed by atoms with Crippen LogP contribution in [0.5, 0.6) is 0 Å². The number of amides is 3. The van der Waals surface area contributed by atoms with Gasteiger partial charge in [-0.05, 0) is 62.4 Å². The van der Waals surface area contributed by atoms with Gasteiger partial charge in [-0.25, -0.2) is 9.18 Å². The number of ether oxygens (including phenoxy) is 2. The molecule has 3 aromatic rings. The van der Waals surface area contributed by atoms with Crippen molar-refractivity contribution in [2.24, 2.45) is 0 Å². The Balaban J connectivity index is 1.73. The van der Waals surface area contributed by atoms with Gasteiger partial charge in [0, 0.05) is 32.7 Å². The number of alkyl carbamates (subject to hydrolysis) is 1. The minimum Gasteiger partial charge on any atom is -0.469 e. The van der Waals surface area contributed by atoms with Crippen molar-refractivity contribution in [1.29, 1.82) is 0 Å². The zero-order valence-electron chi connectivity index (χ0n) is 28.0. The Kier molecular flexibility index (Phi) is 12.3. The molecule has 1 saturated heterocycles. The molecule has 0 aromatic heterocycles. The van der Waals surface area contributed by atoms with Crippen LogP contribution in [0.15, 0.2) is 84.9 Å². The average molecular weight is 661 g/mol. The number of hydrogen-bond acceptors (Lipinski definition) is 7. The smallest absolute Gasteiger partial charge is 0.408 e. The second kappa shape index (κ2) is 16.4. The van der Waals surface area contributed by atoms with Crippen molar-refractivity contribution < 1.29 is 33.0 Å². The van der Waals surface area contributed by atoms with Gasteiger partial charge in [-0.3, -0.25) is 19.3 Å². The highest BCUT2D eigenvalue weighted by Crippen LogP contribution is 2.33. The maximum atomic E-state index is 14.7. The van der Waals surface area contributed by atoms with E-state index in [9.17, 15) is 23.6 Å². The first-order valence-electron chi connectivity index (χ1n) is 16.1. The molecule has 0 saturated carbocycles. The number of carbonyl (C=O) groups excluding carboxylic acids is 4. The molecule has 0 bridgehead atoms. The van der Waals surface area contributed by atoms with E-state index in [0.29, 0.717) is 25.2 Å². The van der Waals surface area contributed by atoms with Gasteiger partial charge in [0.25, 0.3) is 0 Å². The normalized spacial score (nSPS) is 15.1. The van der Waals surface area contributed by atoms with Gasteiger partial charge in [0.05, 0.1) is 13.5 Å². The number of hydrogen-bond donors (Lipinski definition) is 2. The maximum Gasteiger partial charge on any atom is 0.408 e. The van der Waals surface area contributed by atoms with Gasteiger partial charge in [0.1, 0.15) is 23.0 Å². The SMILES string of the molecule is COC(=O)C[C@H](NC(=O)OC(C)(C)C)C(=O)N(Cc1ccc(F)cc1)C1(C(=O)NCc2ccccc2)CCN(Cc2ccccc2)CC1. The van der Waals surface area contributed by atoms with E-state index in [-0.39, 0.29) is 31.8 Å². The first kappa shape index (κ1) is 36.1. The van der Waals surface area contributed by atoms with E-state index in [1.807, 2.05) is 60.7 Å². The molecule has 1 fully saturated rings. The molecular formula is C37H45FN4O6. The molecule has 0 spiro atoms. The van der Waals surface area contributed by atoms with Crippen LogP contribution in [0, 0.1) is 5.82 Å². The van der Waals surface area contributed by atoms with Crippen molar-refractivity contribution in [2.75, 3.05) is 20.2 Å². The van der Waals surface area contributed by atoms with Crippen LogP contribution >= 0.6 is 0 Å². The second-order valence-corrected chi connectivity index (χ2v) is 13.0. The molecule has 0 unspecified atom stereocenters. The third kappa shape index (κ3) is 10.1. The van der Waals surface area contributed by atoms with Crippen LogP contribution < -0.4 is 10.6 Å². The fourth-order valence-electron chi connectivity index (χ4n) is 5.79. The van der Waals surface area contributed by atoms with Gasteiger partial charge in [-0.2, -0.15) is 0 Å². The first-order chi connectivity index (χ1) is 22.9. The van der Waals surface area contributed by atoms with Crippen molar-refractivity contribution >= 4 is 23.9 Å². The number of methoxy groups -OCH3 is 1. The van der Waals surface area contributed by atoms with Gasteiger partial charge in [0.2, 0.25) is 11.8 Å². The van der Waals surface area contributed by atoms with Crippen LogP contribution in [0.3, 0.4) is 0 Å². The minimum absolute atomic E-state index is 0.0791. The van der Waals surface area contributed by atoms with E-state index in [2.05, 4.69) is 15.5 Å². The number of carbonyl (C=O) groups is 4. The topological polar surface area (TPSA) is 117 Å². The van der Waals surface area contributed by atoms with Crippen LogP contribution in [0.2, 0.25) is 0 Å². The van der Waals surface area contributed by atoms with Crippen molar-refractivity contribution in [3.8, 4) is 0 Å². The van der Waals surface area contributed by atoms with E-state index < -0.39 is 47.4 Å². The number of halogens is 1. The van der Waals surface area contributed by atoms with Gasteiger partial charge in [-0.15, -0.1) is 0 Å². The quantitative estimate of drug-likeness (QED) is 0.264. The predicted molar refractivity (Wildman–Crippen MR) is 179 cm³/mol. The summed E-state index contributed by atoms with van der Waals surface area (Å²) in [6, 6.07) is 23.7. The van der Waals surface area contributed by atoms with Crippen molar-refractivity contribution in [3.05, 3.63) is 107 Å². The Morgan fingerprint density at radius 3 is 2.02 bits per heavy atom. The van der Waals surface area contributed by atoms with Gasteiger partial charge < -0.3 is 25.0 Å². The Bertz CT molecular complexity index is 1520.